The normalized spacial score (nSPS) is 13.7. The number of rotatable bonds is 2. The van der Waals surface area contributed by atoms with Gasteiger partial charge in [0.1, 0.15) is 0 Å². The number of nitrogens with zero attached hydrogens (tertiary/aromatic N) is 1. The fraction of sp³-hybridized carbons (Fsp3) is 0.182. The Kier molecular flexibility index (Phi) is 6.06. The number of benzene rings is 6. The molecule has 0 atom stereocenters. The highest BCUT2D eigenvalue weighted by Gasteiger charge is 2.43. The summed E-state index contributed by atoms with van der Waals surface area (Å²) in [5, 5.41) is 2.70. The topological polar surface area (TPSA) is 3.24 Å². The first kappa shape index (κ1) is 28.6. The molecular formula is C44H38BNS. The van der Waals surface area contributed by atoms with Crippen LogP contribution >= 0.6 is 11.3 Å². The van der Waals surface area contributed by atoms with E-state index in [0.717, 1.165) is 0 Å². The Morgan fingerprint density at radius 1 is 0.532 bits per heavy atom. The van der Waals surface area contributed by atoms with E-state index in [4.69, 9.17) is 0 Å². The molecule has 0 unspecified atom stereocenters. The quantitative estimate of drug-likeness (QED) is 0.173. The molecule has 2 aliphatic rings. The lowest BCUT2D eigenvalue weighted by molar-refractivity contribution is 0.590. The summed E-state index contributed by atoms with van der Waals surface area (Å²) in [6.07, 6.45) is 0. The molecule has 3 heteroatoms. The van der Waals surface area contributed by atoms with Gasteiger partial charge in [-0.3, -0.25) is 0 Å². The van der Waals surface area contributed by atoms with Gasteiger partial charge in [0.05, 0.1) is 0 Å². The van der Waals surface area contributed by atoms with Crippen molar-refractivity contribution in [2.45, 2.75) is 52.4 Å². The van der Waals surface area contributed by atoms with Gasteiger partial charge in [-0.25, -0.2) is 0 Å². The monoisotopic (exact) mass is 623 g/mol. The first-order chi connectivity index (χ1) is 22.6. The van der Waals surface area contributed by atoms with E-state index in [2.05, 4.69) is 168 Å². The predicted molar refractivity (Wildman–Crippen MR) is 207 cm³/mol. The average Bonchev–Trinajstić information content (AvgIpc) is 3.61. The summed E-state index contributed by atoms with van der Waals surface area (Å²) in [5.74, 6) is 0. The van der Waals surface area contributed by atoms with E-state index in [-0.39, 0.29) is 17.5 Å². The standard InChI is InChI=1S/C44H38BNS/c1-43(2,3)28-13-11-14-30(25-28)46-37-26-29(44(4,5)6)21-22-36(37)45-35-18-9-7-15-32(35)34-23-27(24-38(46)42(34)45)31-17-12-20-40-41(31)33-16-8-10-19-39(33)47-40/h7-26H,1-6H3. The molecule has 0 spiro atoms. The molecule has 0 N–H and O–H groups in total. The molecule has 0 bridgehead atoms. The molecule has 0 aliphatic carbocycles. The van der Waals surface area contributed by atoms with Gasteiger partial charge in [0.2, 0.25) is 6.71 Å². The third-order valence-electron chi connectivity index (χ3n) is 10.4. The minimum atomic E-state index is 0.0322. The number of hydrogen-bond donors (Lipinski definition) is 0. The second-order valence-corrected chi connectivity index (χ2v) is 16.5. The van der Waals surface area contributed by atoms with Gasteiger partial charge in [-0.15, -0.1) is 11.3 Å². The number of fused-ring (bicyclic) bond motifs is 8. The first-order valence-corrected chi connectivity index (χ1v) is 17.6. The summed E-state index contributed by atoms with van der Waals surface area (Å²) in [6, 6.07) is 46.3. The van der Waals surface area contributed by atoms with Crippen molar-refractivity contribution in [2.75, 3.05) is 4.90 Å². The van der Waals surface area contributed by atoms with Gasteiger partial charge in [-0.2, -0.15) is 0 Å². The largest absolute Gasteiger partial charge is 0.311 e. The van der Waals surface area contributed by atoms with Crippen molar-refractivity contribution in [2.24, 2.45) is 0 Å². The van der Waals surface area contributed by atoms with Crippen LogP contribution in [0.3, 0.4) is 0 Å². The zero-order chi connectivity index (χ0) is 32.2. The first-order valence-electron chi connectivity index (χ1n) is 16.8. The Labute approximate surface area is 282 Å². The minimum absolute atomic E-state index is 0.0322. The second kappa shape index (κ2) is 9.95. The molecule has 0 saturated carbocycles. The molecule has 7 aromatic rings. The molecule has 47 heavy (non-hydrogen) atoms. The van der Waals surface area contributed by atoms with Gasteiger partial charge in [0, 0.05) is 37.2 Å². The molecule has 0 amide bonds. The van der Waals surface area contributed by atoms with Crippen LogP contribution in [0.5, 0.6) is 0 Å². The van der Waals surface area contributed by atoms with Gasteiger partial charge in [-0.05, 0) is 97.6 Å². The Morgan fingerprint density at radius 2 is 1.23 bits per heavy atom. The van der Waals surface area contributed by atoms with Gasteiger partial charge < -0.3 is 4.90 Å². The van der Waals surface area contributed by atoms with Crippen molar-refractivity contribution < 1.29 is 0 Å². The van der Waals surface area contributed by atoms with E-state index in [1.54, 1.807) is 0 Å². The van der Waals surface area contributed by atoms with E-state index in [1.165, 1.54) is 87.0 Å². The smallest absolute Gasteiger partial charge is 0.248 e. The van der Waals surface area contributed by atoms with E-state index < -0.39 is 0 Å². The lowest BCUT2D eigenvalue weighted by Crippen LogP contribution is -2.54. The number of thiophene rings is 1. The van der Waals surface area contributed by atoms with Crippen LogP contribution in [0, 0.1) is 0 Å². The van der Waals surface area contributed by atoms with Crippen LogP contribution in [0.25, 0.3) is 42.4 Å². The highest BCUT2D eigenvalue weighted by Crippen LogP contribution is 2.46. The highest BCUT2D eigenvalue weighted by molar-refractivity contribution is 7.26. The third-order valence-corrected chi connectivity index (χ3v) is 11.5. The van der Waals surface area contributed by atoms with Crippen molar-refractivity contribution in [1.82, 2.24) is 0 Å². The maximum atomic E-state index is 2.58. The molecule has 1 nitrogen and oxygen atoms in total. The van der Waals surface area contributed by atoms with E-state index in [0.29, 0.717) is 0 Å². The third kappa shape index (κ3) is 4.29. The van der Waals surface area contributed by atoms with Crippen LogP contribution in [0.1, 0.15) is 52.7 Å². The zero-order valence-electron chi connectivity index (χ0n) is 28.0. The highest BCUT2D eigenvalue weighted by atomic mass is 32.1. The lowest BCUT2D eigenvalue weighted by Gasteiger charge is -2.38. The van der Waals surface area contributed by atoms with E-state index in [1.807, 2.05) is 11.3 Å². The molecule has 228 valence electrons. The Hall–Kier alpha value is -4.60. The van der Waals surface area contributed by atoms with Crippen LogP contribution in [-0.4, -0.2) is 6.71 Å². The Bertz CT molecular complexity index is 2400. The van der Waals surface area contributed by atoms with Gasteiger partial charge >= 0.3 is 0 Å². The van der Waals surface area contributed by atoms with Crippen molar-refractivity contribution in [3.8, 4) is 22.3 Å². The zero-order valence-corrected chi connectivity index (χ0v) is 28.8. The van der Waals surface area contributed by atoms with Crippen molar-refractivity contribution in [1.29, 1.82) is 0 Å². The summed E-state index contributed by atoms with van der Waals surface area (Å²) >= 11 is 1.89. The fourth-order valence-electron chi connectivity index (χ4n) is 7.96. The maximum absolute atomic E-state index is 2.58. The summed E-state index contributed by atoms with van der Waals surface area (Å²) in [5.41, 5.74) is 16.1. The minimum Gasteiger partial charge on any atom is -0.311 e. The van der Waals surface area contributed by atoms with Crippen molar-refractivity contribution in [3.63, 3.8) is 0 Å². The summed E-state index contributed by atoms with van der Waals surface area (Å²) in [4.78, 5) is 2.58. The average molecular weight is 624 g/mol. The number of hydrogen-bond acceptors (Lipinski definition) is 2. The summed E-state index contributed by atoms with van der Waals surface area (Å²) < 4.78 is 2.68. The van der Waals surface area contributed by atoms with Crippen LogP contribution in [0.4, 0.5) is 17.1 Å². The molecule has 0 radical (unpaired) electrons. The summed E-state index contributed by atoms with van der Waals surface area (Å²) in [7, 11) is 0. The summed E-state index contributed by atoms with van der Waals surface area (Å²) in [6.45, 7) is 14.1. The lowest BCUT2D eigenvalue weighted by atomic mass is 9.37. The van der Waals surface area contributed by atoms with Crippen LogP contribution in [0.15, 0.2) is 121 Å². The molecule has 6 aromatic carbocycles. The van der Waals surface area contributed by atoms with Crippen LogP contribution < -0.4 is 21.3 Å². The van der Waals surface area contributed by atoms with Crippen molar-refractivity contribution >= 4 is 71.7 Å². The SMILES string of the molecule is CC(C)(C)c1cccc(N2c3cc(C(C)(C)C)ccc3B3c4ccccc4-c4cc(-c5cccc6sc7ccccc7c56)cc2c43)c1. The van der Waals surface area contributed by atoms with Gasteiger partial charge in [-0.1, -0.05) is 126 Å². The molecular weight excluding hydrogens is 585 g/mol. The molecule has 3 heterocycles. The molecule has 0 fully saturated rings. The Morgan fingerprint density at radius 3 is 2.06 bits per heavy atom. The van der Waals surface area contributed by atoms with Crippen LogP contribution in [0.2, 0.25) is 0 Å². The Balaban J connectivity index is 1.39. The van der Waals surface area contributed by atoms with Crippen molar-refractivity contribution in [3.05, 3.63) is 132 Å². The molecule has 2 aliphatic heterocycles. The maximum Gasteiger partial charge on any atom is 0.248 e. The second-order valence-electron chi connectivity index (χ2n) is 15.4. The molecule has 0 saturated heterocycles. The molecule has 1 aromatic heterocycles. The van der Waals surface area contributed by atoms with E-state index in [9.17, 15) is 0 Å². The molecule has 9 rings (SSSR count). The van der Waals surface area contributed by atoms with Gasteiger partial charge in [0.25, 0.3) is 0 Å². The van der Waals surface area contributed by atoms with E-state index >= 15 is 0 Å². The number of anilines is 3. The fourth-order valence-corrected chi connectivity index (χ4v) is 9.09. The van der Waals surface area contributed by atoms with Crippen LogP contribution in [-0.2, 0) is 10.8 Å². The predicted octanol–water partition coefficient (Wildman–Crippen LogP) is 10.6. The van der Waals surface area contributed by atoms with Gasteiger partial charge in [0.15, 0.2) is 0 Å².